The van der Waals surface area contributed by atoms with E-state index in [0.717, 1.165) is 53.2 Å². The minimum atomic E-state index is -0.000590. The van der Waals surface area contributed by atoms with Crippen LogP contribution in [-0.4, -0.2) is 38.4 Å². The predicted octanol–water partition coefficient (Wildman–Crippen LogP) is 3.45. The first kappa shape index (κ1) is 21.9. The average Bonchev–Trinajstić information content (AvgIpc) is 3.19. The Labute approximate surface area is 188 Å². The number of hydrogen-bond acceptors (Lipinski definition) is 4. The zero-order valence-electron chi connectivity index (χ0n) is 19.7. The Morgan fingerprint density at radius 3 is 2.31 bits per heavy atom. The number of ether oxygens (including phenoxy) is 1. The van der Waals surface area contributed by atoms with E-state index in [1.54, 1.807) is 16.2 Å². The van der Waals surface area contributed by atoms with E-state index < -0.39 is 0 Å². The van der Waals surface area contributed by atoms with E-state index in [1.807, 2.05) is 27.1 Å². The Kier molecular flexibility index (Phi) is 5.93. The molecule has 2 aromatic carbocycles. The van der Waals surface area contributed by atoms with Gasteiger partial charge in [-0.15, -0.1) is 0 Å². The van der Waals surface area contributed by atoms with Gasteiger partial charge in [0.1, 0.15) is 5.75 Å². The molecular formula is C25H31N5O2. The van der Waals surface area contributed by atoms with Gasteiger partial charge in [-0.2, -0.15) is 5.10 Å². The normalized spacial score (nSPS) is 11.6. The van der Waals surface area contributed by atoms with E-state index >= 15 is 0 Å². The number of benzene rings is 2. The van der Waals surface area contributed by atoms with Crippen molar-refractivity contribution in [2.24, 2.45) is 14.1 Å². The molecule has 0 aliphatic rings. The summed E-state index contributed by atoms with van der Waals surface area (Å²) in [5.74, 6) is 0.895. The van der Waals surface area contributed by atoms with E-state index in [9.17, 15) is 4.79 Å². The maximum atomic E-state index is 12.2. The molecule has 168 valence electrons. The molecule has 0 saturated carbocycles. The standard InChI is InChI=1S/C25H31N5O2/c1-16-21(17(2)27-26-16)13-20-11-18(8-10-24(20)32-6)14-28(3)15-19-7-9-22-23(12-19)30(5)25(31)29(22)4/h7-12H,13-15H2,1-6H3,(H,26,27). The number of aryl methyl sites for hydroxylation is 4. The zero-order chi connectivity index (χ0) is 23.0. The van der Waals surface area contributed by atoms with Crippen LogP contribution in [0.5, 0.6) is 5.75 Å². The molecule has 0 unspecified atom stereocenters. The third-order valence-electron chi connectivity index (χ3n) is 6.23. The number of nitrogens with zero attached hydrogens (tertiary/aromatic N) is 4. The number of rotatable bonds is 7. The van der Waals surface area contributed by atoms with Crippen molar-refractivity contribution in [2.45, 2.75) is 33.4 Å². The smallest absolute Gasteiger partial charge is 0.328 e. The summed E-state index contributed by atoms with van der Waals surface area (Å²) in [7, 11) is 7.46. The van der Waals surface area contributed by atoms with Crippen LogP contribution in [0, 0.1) is 13.8 Å². The van der Waals surface area contributed by atoms with Gasteiger partial charge in [0.05, 0.1) is 23.8 Å². The summed E-state index contributed by atoms with van der Waals surface area (Å²) in [5.41, 5.74) is 8.82. The molecule has 32 heavy (non-hydrogen) atoms. The highest BCUT2D eigenvalue weighted by atomic mass is 16.5. The Bertz CT molecular complexity index is 1310. The van der Waals surface area contributed by atoms with Crippen LogP contribution >= 0.6 is 0 Å². The predicted molar refractivity (Wildman–Crippen MR) is 127 cm³/mol. The van der Waals surface area contributed by atoms with Gasteiger partial charge in [-0.3, -0.25) is 19.1 Å². The number of H-pyrrole nitrogens is 1. The number of fused-ring (bicyclic) bond motifs is 1. The molecule has 1 N–H and O–H groups in total. The number of nitrogens with one attached hydrogen (secondary N) is 1. The summed E-state index contributed by atoms with van der Waals surface area (Å²) >= 11 is 0. The number of aromatic nitrogens is 4. The second-order valence-electron chi connectivity index (χ2n) is 8.63. The molecule has 0 atom stereocenters. The fourth-order valence-electron chi connectivity index (χ4n) is 4.42. The van der Waals surface area contributed by atoms with Crippen LogP contribution in [0.1, 0.15) is 33.6 Å². The third-order valence-corrected chi connectivity index (χ3v) is 6.23. The average molecular weight is 434 g/mol. The topological polar surface area (TPSA) is 68.1 Å². The lowest BCUT2D eigenvalue weighted by atomic mass is 10.00. The maximum Gasteiger partial charge on any atom is 0.328 e. The third kappa shape index (κ3) is 4.08. The fourth-order valence-corrected chi connectivity index (χ4v) is 4.42. The van der Waals surface area contributed by atoms with Crippen molar-refractivity contribution in [3.05, 3.63) is 80.5 Å². The molecule has 0 fully saturated rings. The van der Waals surface area contributed by atoms with Crippen LogP contribution in [0.4, 0.5) is 0 Å². The number of methoxy groups -OCH3 is 1. The Morgan fingerprint density at radius 1 is 1.00 bits per heavy atom. The molecule has 0 bridgehead atoms. The molecule has 2 aromatic heterocycles. The Morgan fingerprint density at radius 2 is 1.66 bits per heavy atom. The second-order valence-corrected chi connectivity index (χ2v) is 8.63. The van der Waals surface area contributed by atoms with E-state index in [0.29, 0.717) is 0 Å². The van der Waals surface area contributed by atoms with E-state index in [4.69, 9.17) is 4.74 Å². The summed E-state index contributed by atoms with van der Waals surface area (Å²) in [6.07, 6.45) is 0.785. The molecule has 2 heterocycles. The minimum absolute atomic E-state index is 0.000590. The van der Waals surface area contributed by atoms with Crippen molar-refractivity contribution in [3.63, 3.8) is 0 Å². The first-order valence-corrected chi connectivity index (χ1v) is 10.8. The Hall–Kier alpha value is -3.32. The highest BCUT2D eigenvalue weighted by Crippen LogP contribution is 2.26. The summed E-state index contributed by atoms with van der Waals surface area (Å²) in [4.78, 5) is 14.5. The first-order valence-electron chi connectivity index (χ1n) is 10.8. The van der Waals surface area contributed by atoms with Gasteiger partial charge < -0.3 is 4.74 Å². The maximum absolute atomic E-state index is 12.2. The van der Waals surface area contributed by atoms with Gasteiger partial charge in [0, 0.05) is 44.9 Å². The lowest BCUT2D eigenvalue weighted by molar-refractivity contribution is 0.319. The Balaban J connectivity index is 1.53. The van der Waals surface area contributed by atoms with Crippen LogP contribution in [0.25, 0.3) is 11.0 Å². The van der Waals surface area contributed by atoms with Gasteiger partial charge in [-0.25, -0.2) is 4.79 Å². The molecule has 0 spiro atoms. The minimum Gasteiger partial charge on any atom is -0.496 e. The number of aromatic amines is 1. The van der Waals surface area contributed by atoms with Gasteiger partial charge in [0.2, 0.25) is 0 Å². The summed E-state index contributed by atoms with van der Waals surface area (Å²) < 4.78 is 9.01. The van der Waals surface area contributed by atoms with Crippen molar-refractivity contribution in [2.75, 3.05) is 14.2 Å². The van der Waals surface area contributed by atoms with E-state index in [2.05, 4.69) is 59.4 Å². The van der Waals surface area contributed by atoms with Crippen molar-refractivity contribution in [1.82, 2.24) is 24.2 Å². The molecule has 4 rings (SSSR count). The summed E-state index contributed by atoms with van der Waals surface area (Å²) in [5, 5.41) is 7.39. The van der Waals surface area contributed by atoms with Crippen molar-refractivity contribution >= 4 is 11.0 Å². The molecule has 4 aromatic rings. The largest absolute Gasteiger partial charge is 0.496 e. The van der Waals surface area contributed by atoms with Crippen molar-refractivity contribution in [1.29, 1.82) is 0 Å². The van der Waals surface area contributed by atoms with Crippen molar-refractivity contribution < 1.29 is 4.74 Å². The number of imidazole rings is 1. The van der Waals surface area contributed by atoms with Gasteiger partial charge in [-0.1, -0.05) is 18.2 Å². The second kappa shape index (κ2) is 8.67. The molecule has 7 nitrogen and oxygen atoms in total. The summed E-state index contributed by atoms with van der Waals surface area (Å²) in [6, 6.07) is 12.6. The van der Waals surface area contributed by atoms with Gasteiger partial charge in [0.15, 0.2) is 0 Å². The zero-order valence-corrected chi connectivity index (χ0v) is 19.7. The molecule has 0 radical (unpaired) electrons. The van der Waals surface area contributed by atoms with Gasteiger partial charge in [-0.05, 0) is 55.8 Å². The van der Waals surface area contributed by atoms with Gasteiger partial charge in [0.25, 0.3) is 0 Å². The monoisotopic (exact) mass is 433 g/mol. The van der Waals surface area contributed by atoms with Crippen LogP contribution < -0.4 is 10.4 Å². The molecule has 0 amide bonds. The molecule has 0 aliphatic heterocycles. The van der Waals surface area contributed by atoms with E-state index in [1.165, 1.54) is 16.7 Å². The highest BCUT2D eigenvalue weighted by molar-refractivity contribution is 5.76. The summed E-state index contributed by atoms with van der Waals surface area (Å²) in [6.45, 7) is 5.69. The lowest BCUT2D eigenvalue weighted by Gasteiger charge is -2.18. The number of hydrogen-bond donors (Lipinski definition) is 1. The van der Waals surface area contributed by atoms with Crippen molar-refractivity contribution in [3.8, 4) is 5.75 Å². The van der Waals surface area contributed by atoms with E-state index in [-0.39, 0.29) is 5.69 Å². The fraction of sp³-hybridized carbons (Fsp3) is 0.360. The molecule has 0 aliphatic carbocycles. The van der Waals surface area contributed by atoms with Crippen LogP contribution in [0.15, 0.2) is 41.2 Å². The SMILES string of the molecule is COc1ccc(CN(C)Cc2ccc3c(c2)n(C)c(=O)n3C)cc1Cc1c(C)n[nH]c1C. The molecule has 0 saturated heterocycles. The lowest BCUT2D eigenvalue weighted by Crippen LogP contribution is -2.19. The van der Waals surface area contributed by atoms with Crippen LogP contribution in [-0.2, 0) is 33.6 Å². The quantitative estimate of drug-likeness (QED) is 0.485. The highest BCUT2D eigenvalue weighted by Gasteiger charge is 2.13. The van der Waals surface area contributed by atoms with Gasteiger partial charge >= 0.3 is 5.69 Å². The van der Waals surface area contributed by atoms with Crippen LogP contribution in [0.2, 0.25) is 0 Å². The van der Waals surface area contributed by atoms with Crippen LogP contribution in [0.3, 0.4) is 0 Å². The molecule has 7 heteroatoms. The first-order chi connectivity index (χ1) is 15.3. The molecular weight excluding hydrogens is 402 g/mol.